The minimum absolute atomic E-state index is 0.202. The zero-order chi connectivity index (χ0) is 10.9. The van der Waals surface area contributed by atoms with Gasteiger partial charge >= 0.3 is 0 Å². The molecule has 0 spiro atoms. The van der Waals surface area contributed by atoms with Crippen LogP contribution in [-0.4, -0.2) is 6.26 Å². The molecule has 1 nitrogen and oxygen atoms in total. The molecular weight excluding hydrogens is 204 g/mol. The van der Waals surface area contributed by atoms with Gasteiger partial charge in [0.15, 0.2) is 11.6 Å². The Morgan fingerprint density at radius 2 is 1.79 bits per heavy atom. The van der Waals surface area contributed by atoms with Gasteiger partial charge in [-0.1, -0.05) is 6.07 Å². The van der Waals surface area contributed by atoms with E-state index in [9.17, 15) is 8.78 Å². The summed E-state index contributed by atoms with van der Waals surface area (Å²) in [5.74, 6) is -1.65. The van der Waals surface area contributed by atoms with Crippen molar-refractivity contribution in [3.63, 3.8) is 0 Å². The summed E-state index contributed by atoms with van der Waals surface area (Å²) >= 11 is 1.17. The average Bonchev–Trinajstić information content (AvgIpc) is 2.07. The molecule has 0 bridgehead atoms. The predicted octanol–water partition coefficient (Wildman–Crippen LogP) is 2.88. The molecule has 0 amide bonds. The first-order chi connectivity index (χ1) is 6.38. The van der Waals surface area contributed by atoms with Crippen molar-refractivity contribution in [3.8, 4) is 0 Å². The summed E-state index contributed by atoms with van der Waals surface area (Å²) in [6.07, 6.45) is 1.70. The van der Waals surface area contributed by atoms with Crippen LogP contribution in [0.4, 0.5) is 8.78 Å². The van der Waals surface area contributed by atoms with E-state index in [-0.39, 0.29) is 5.56 Å². The van der Waals surface area contributed by atoms with Crippen molar-refractivity contribution in [2.24, 2.45) is 5.73 Å². The molecule has 0 radical (unpaired) electrons. The molecule has 1 aromatic rings. The summed E-state index contributed by atoms with van der Waals surface area (Å²) in [6.45, 7) is 3.28. The number of benzene rings is 1. The molecule has 1 rings (SSSR count). The Labute approximate surface area is 86.7 Å². The maximum atomic E-state index is 13.5. The van der Waals surface area contributed by atoms with Gasteiger partial charge in [-0.3, -0.25) is 0 Å². The van der Waals surface area contributed by atoms with E-state index >= 15 is 0 Å². The number of halogens is 2. The number of rotatable bonds is 2. The third-order valence-electron chi connectivity index (χ3n) is 1.96. The van der Waals surface area contributed by atoms with Gasteiger partial charge in [0, 0.05) is 16.0 Å². The minimum atomic E-state index is -0.859. The topological polar surface area (TPSA) is 26.0 Å². The highest BCUT2D eigenvalue weighted by Crippen LogP contribution is 2.28. The molecule has 78 valence electrons. The van der Waals surface area contributed by atoms with Crippen molar-refractivity contribution in [3.05, 3.63) is 29.3 Å². The molecule has 14 heavy (non-hydrogen) atoms. The molecule has 0 saturated heterocycles. The van der Waals surface area contributed by atoms with E-state index in [0.717, 1.165) is 0 Å². The number of nitrogens with two attached hydrogens (primary N) is 1. The van der Waals surface area contributed by atoms with Crippen LogP contribution in [0.3, 0.4) is 0 Å². The zero-order valence-electron chi connectivity index (χ0n) is 8.40. The number of thioether (sulfide) groups is 1. The van der Waals surface area contributed by atoms with Crippen molar-refractivity contribution in [2.75, 3.05) is 6.26 Å². The summed E-state index contributed by atoms with van der Waals surface area (Å²) in [6, 6.07) is 3.08. The highest BCUT2D eigenvalue weighted by molar-refractivity contribution is 7.98. The largest absolute Gasteiger partial charge is 0.322 e. The first-order valence-electron chi connectivity index (χ1n) is 4.19. The van der Waals surface area contributed by atoms with Crippen LogP contribution >= 0.6 is 11.8 Å². The van der Waals surface area contributed by atoms with Gasteiger partial charge in [0.25, 0.3) is 0 Å². The molecule has 0 fully saturated rings. The first-order valence-corrected chi connectivity index (χ1v) is 5.41. The maximum absolute atomic E-state index is 13.5. The minimum Gasteiger partial charge on any atom is -0.322 e. The summed E-state index contributed by atoms with van der Waals surface area (Å²) in [5.41, 5.74) is 5.05. The molecule has 0 aliphatic heterocycles. The highest BCUT2D eigenvalue weighted by atomic mass is 32.2. The van der Waals surface area contributed by atoms with Crippen molar-refractivity contribution < 1.29 is 8.78 Å². The molecule has 0 heterocycles. The monoisotopic (exact) mass is 217 g/mol. The quantitative estimate of drug-likeness (QED) is 0.771. The maximum Gasteiger partial charge on any atom is 0.172 e. The molecule has 0 atom stereocenters. The lowest BCUT2D eigenvalue weighted by Crippen LogP contribution is -2.30. The molecular formula is C10H13F2NS. The van der Waals surface area contributed by atoms with E-state index in [1.165, 1.54) is 17.8 Å². The molecule has 0 unspecified atom stereocenters. The van der Waals surface area contributed by atoms with Gasteiger partial charge in [-0.15, -0.1) is 11.8 Å². The fourth-order valence-corrected chi connectivity index (χ4v) is 1.66. The van der Waals surface area contributed by atoms with Crippen LogP contribution < -0.4 is 5.73 Å². The lowest BCUT2D eigenvalue weighted by molar-refractivity contribution is 0.444. The summed E-state index contributed by atoms with van der Waals surface area (Å²) < 4.78 is 26.8. The van der Waals surface area contributed by atoms with Crippen LogP contribution in [-0.2, 0) is 5.54 Å². The predicted molar refractivity (Wildman–Crippen MR) is 55.4 cm³/mol. The number of hydrogen-bond donors (Lipinski definition) is 1. The van der Waals surface area contributed by atoms with Gasteiger partial charge in [0.1, 0.15) is 0 Å². The normalized spacial score (nSPS) is 11.9. The van der Waals surface area contributed by atoms with E-state index in [4.69, 9.17) is 5.73 Å². The Balaban J connectivity index is 3.31. The van der Waals surface area contributed by atoms with Crippen LogP contribution in [0.2, 0.25) is 0 Å². The third kappa shape index (κ3) is 2.07. The van der Waals surface area contributed by atoms with E-state index < -0.39 is 17.2 Å². The van der Waals surface area contributed by atoms with Crippen molar-refractivity contribution in [1.29, 1.82) is 0 Å². The van der Waals surface area contributed by atoms with E-state index in [1.54, 1.807) is 26.2 Å². The SMILES string of the molecule is CSc1ccc(C(C)(C)N)c(F)c1F. The fraction of sp³-hybridized carbons (Fsp3) is 0.400. The van der Waals surface area contributed by atoms with Crippen molar-refractivity contribution >= 4 is 11.8 Å². The highest BCUT2D eigenvalue weighted by Gasteiger charge is 2.22. The van der Waals surface area contributed by atoms with Crippen LogP contribution in [0.5, 0.6) is 0 Å². The lowest BCUT2D eigenvalue weighted by Gasteiger charge is -2.20. The molecule has 1 aromatic carbocycles. The molecule has 2 N–H and O–H groups in total. The molecule has 0 saturated carbocycles. The Hall–Kier alpha value is -0.610. The van der Waals surface area contributed by atoms with Crippen LogP contribution in [0.1, 0.15) is 19.4 Å². The summed E-state index contributed by atoms with van der Waals surface area (Å²) in [7, 11) is 0. The van der Waals surface area contributed by atoms with Crippen molar-refractivity contribution in [2.45, 2.75) is 24.3 Å². The van der Waals surface area contributed by atoms with E-state index in [1.807, 2.05) is 0 Å². The molecule has 4 heteroatoms. The second-order valence-electron chi connectivity index (χ2n) is 3.67. The Morgan fingerprint density at radius 1 is 1.21 bits per heavy atom. The fourth-order valence-electron chi connectivity index (χ4n) is 1.19. The van der Waals surface area contributed by atoms with E-state index in [0.29, 0.717) is 4.90 Å². The molecule has 0 aliphatic rings. The van der Waals surface area contributed by atoms with Gasteiger partial charge in [-0.05, 0) is 26.2 Å². The van der Waals surface area contributed by atoms with Gasteiger partial charge < -0.3 is 5.73 Å². The lowest BCUT2D eigenvalue weighted by atomic mass is 9.95. The second kappa shape index (κ2) is 3.87. The van der Waals surface area contributed by atoms with Gasteiger partial charge in [0.05, 0.1) is 0 Å². The van der Waals surface area contributed by atoms with Crippen LogP contribution in [0.15, 0.2) is 17.0 Å². The Morgan fingerprint density at radius 3 is 2.21 bits per heavy atom. The molecule has 0 aromatic heterocycles. The van der Waals surface area contributed by atoms with E-state index in [2.05, 4.69) is 0 Å². The number of hydrogen-bond acceptors (Lipinski definition) is 2. The first kappa shape index (κ1) is 11.5. The Kier molecular flexibility index (Phi) is 3.17. The van der Waals surface area contributed by atoms with Gasteiger partial charge in [-0.2, -0.15) is 0 Å². The smallest absolute Gasteiger partial charge is 0.172 e. The standard InChI is InChI=1S/C10H13F2NS/c1-10(2,13)6-4-5-7(14-3)9(12)8(6)11/h4-5H,13H2,1-3H3. The Bertz CT molecular complexity index is 345. The van der Waals surface area contributed by atoms with Crippen molar-refractivity contribution in [1.82, 2.24) is 0 Å². The van der Waals surface area contributed by atoms with Crippen LogP contribution in [0, 0.1) is 11.6 Å². The van der Waals surface area contributed by atoms with Gasteiger partial charge in [-0.25, -0.2) is 8.78 Å². The second-order valence-corrected chi connectivity index (χ2v) is 4.51. The summed E-state index contributed by atoms with van der Waals surface area (Å²) in [4.78, 5) is 0.301. The van der Waals surface area contributed by atoms with Gasteiger partial charge in [0.2, 0.25) is 0 Å². The zero-order valence-corrected chi connectivity index (χ0v) is 9.21. The molecule has 0 aliphatic carbocycles. The summed E-state index contributed by atoms with van der Waals surface area (Å²) in [5, 5.41) is 0. The van der Waals surface area contributed by atoms with Crippen LogP contribution in [0.25, 0.3) is 0 Å². The third-order valence-corrected chi connectivity index (χ3v) is 2.72. The average molecular weight is 217 g/mol.